The summed E-state index contributed by atoms with van der Waals surface area (Å²) >= 11 is 11.8. The zero-order chi connectivity index (χ0) is 18.5. The molecule has 0 radical (unpaired) electrons. The Balaban J connectivity index is 2.60. The molecule has 1 aromatic carbocycles. The van der Waals surface area contributed by atoms with Gasteiger partial charge in [-0.3, -0.25) is 10.1 Å². The minimum atomic E-state index is -0.812. The molecule has 0 atom stereocenters. The van der Waals surface area contributed by atoms with Gasteiger partial charge in [-0.2, -0.15) is 0 Å². The molecule has 0 saturated heterocycles. The summed E-state index contributed by atoms with van der Waals surface area (Å²) in [4.78, 5) is 35.0. The number of esters is 1. The molecule has 0 unspecified atom stereocenters. The number of halogens is 2. The number of carbonyl (C=O) groups excluding carboxylic acids is 3. The van der Waals surface area contributed by atoms with Gasteiger partial charge in [-0.15, -0.1) is 0 Å². The van der Waals surface area contributed by atoms with Crippen molar-refractivity contribution in [3.63, 3.8) is 0 Å². The van der Waals surface area contributed by atoms with Crippen LogP contribution in [0.1, 0.15) is 31.1 Å². The molecule has 24 heavy (non-hydrogen) atoms. The van der Waals surface area contributed by atoms with E-state index in [2.05, 4.69) is 5.32 Å². The monoisotopic (exact) mass is 376 g/mol. The molecule has 7 nitrogen and oxygen atoms in total. The van der Waals surface area contributed by atoms with Crippen LogP contribution in [0.25, 0.3) is 0 Å². The third kappa shape index (κ3) is 6.25. The highest BCUT2D eigenvalue weighted by atomic mass is 35.5. The second kappa shape index (κ2) is 8.21. The first-order valence-corrected chi connectivity index (χ1v) is 7.61. The fourth-order valence-corrected chi connectivity index (χ4v) is 2.26. The number of carbonyl (C=O) groups is 3. The summed E-state index contributed by atoms with van der Waals surface area (Å²) in [6.07, 6.45) is 0. The molecule has 0 heterocycles. The van der Waals surface area contributed by atoms with E-state index in [-0.39, 0.29) is 21.4 Å². The van der Waals surface area contributed by atoms with E-state index in [4.69, 9.17) is 32.7 Å². The number of ether oxygens (including phenoxy) is 2. The van der Waals surface area contributed by atoms with Crippen LogP contribution in [0, 0.1) is 0 Å². The Morgan fingerprint density at radius 2 is 1.67 bits per heavy atom. The zero-order valence-corrected chi connectivity index (χ0v) is 15.2. The standard InChI is InChI=1S/C15H18Cl2N2O5/c1-15(2,3)19-14(22)18-11(20)7-24-13(21)8-5-9(16)12(23-4)10(17)6-8/h5-6H,7H2,1-4H3,(H2,18,19,20,22). The van der Waals surface area contributed by atoms with E-state index in [0.29, 0.717) is 0 Å². The number of urea groups is 1. The molecular formula is C15H18Cl2N2O5. The van der Waals surface area contributed by atoms with Crippen LogP contribution in [-0.4, -0.2) is 37.2 Å². The van der Waals surface area contributed by atoms with E-state index >= 15 is 0 Å². The Morgan fingerprint density at radius 3 is 2.12 bits per heavy atom. The molecule has 0 saturated carbocycles. The van der Waals surface area contributed by atoms with Crippen LogP contribution in [0.3, 0.4) is 0 Å². The van der Waals surface area contributed by atoms with Gasteiger partial charge in [0.2, 0.25) is 0 Å². The number of hydrogen-bond acceptors (Lipinski definition) is 5. The van der Waals surface area contributed by atoms with E-state index < -0.39 is 30.1 Å². The number of amides is 3. The summed E-state index contributed by atoms with van der Waals surface area (Å²) in [6, 6.07) is 1.93. The van der Waals surface area contributed by atoms with Crippen LogP contribution in [0.5, 0.6) is 5.75 Å². The van der Waals surface area contributed by atoms with E-state index in [0.717, 1.165) is 0 Å². The van der Waals surface area contributed by atoms with Crippen molar-refractivity contribution in [1.29, 1.82) is 0 Å². The third-order valence-corrected chi connectivity index (χ3v) is 3.08. The summed E-state index contributed by atoms with van der Waals surface area (Å²) in [6.45, 7) is 4.65. The van der Waals surface area contributed by atoms with Crippen LogP contribution in [-0.2, 0) is 9.53 Å². The Hall–Kier alpha value is -1.99. The molecule has 9 heteroatoms. The lowest BCUT2D eigenvalue weighted by molar-refractivity contribution is -0.123. The number of methoxy groups -OCH3 is 1. The molecule has 1 aromatic rings. The number of nitrogens with one attached hydrogen (secondary N) is 2. The average molecular weight is 377 g/mol. The van der Waals surface area contributed by atoms with Gasteiger partial charge in [0, 0.05) is 5.54 Å². The predicted molar refractivity (Wildman–Crippen MR) is 89.7 cm³/mol. The fourth-order valence-electron chi connectivity index (χ4n) is 1.62. The second-order valence-electron chi connectivity index (χ2n) is 5.80. The van der Waals surface area contributed by atoms with Crippen molar-refractivity contribution in [3.8, 4) is 5.75 Å². The number of benzene rings is 1. The first-order valence-electron chi connectivity index (χ1n) is 6.85. The Labute approximate surface area is 149 Å². The molecule has 0 aliphatic rings. The van der Waals surface area contributed by atoms with Crippen molar-refractivity contribution >= 4 is 41.1 Å². The summed E-state index contributed by atoms with van der Waals surface area (Å²) in [5.41, 5.74) is -0.449. The van der Waals surface area contributed by atoms with Gasteiger partial charge in [-0.1, -0.05) is 23.2 Å². The van der Waals surface area contributed by atoms with Crippen LogP contribution in [0.15, 0.2) is 12.1 Å². The van der Waals surface area contributed by atoms with Gasteiger partial charge >= 0.3 is 12.0 Å². The van der Waals surface area contributed by atoms with Crippen molar-refractivity contribution in [1.82, 2.24) is 10.6 Å². The van der Waals surface area contributed by atoms with E-state index in [1.54, 1.807) is 20.8 Å². The first kappa shape index (κ1) is 20.1. The van der Waals surface area contributed by atoms with E-state index in [9.17, 15) is 14.4 Å². The minimum Gasteiger partial charge on any atom is -0.494 e. The summed E-state index contributed by atoms with van der Waals surface area (Å²) in [5, 5.41) is 4.84. The molecule has 2 N–H and O–H groups in total. The van der Waals surface area contributed by atoms with Gasteiger partial charge in [0.1, 0.15) is 0 Å². The highest BCUT2D eigenvalue weighted by molar-refractivity contribution is 6.37. The maximum absolute atomic E-state index is 11.9. The lowest BCUT2D eigenvalue weighted by atomic mass is 10.1. The number of imide groups is 1. The maximum Gasteiger partial charge on any atom is 0.338 e. The summed E-state index contributed by atoms with van der Waals surface area (Å²) in [7, 11) is 1.39. The van der Waals surface area contributed by atoms with Crippen LogP contribution < -0.4 is 15.4 Å². The SMILES string of the molecule is COc1c(Cl)cc(C(=O)OCC(=O)NC(=O)NC(C)(C)C)cc1Cl. The van der Waals surface area contributed by atoms with E-state index in [1.165, 1.54) is 19.2 Å². The van der Waals surface area contributed by atoms with Gasteiger partial charge in [0.05, 0.1) is 22.7 Å². The van der Waals surface area contributed by atoms with Crippen LogP contribution >= 0.6 is 23.2 Å². The second-order valence-corrected chi connectivity index (χ2v) is 6.62. The fraction of sp³-hybridized carbons (Fsp3) is 0.400. The smallest absolute Gasteiger partial charge is 0.338 e. The molecule has 3 amide bonds. The predicted octanol–water partition coefficient (Wildman–Crippen LogP) is 2.78. The van der Waals surface area contributed by atoms with Crippen molar-refractivity contribution in [2.45, 2.75) is 26.3 Å². The van der Waals surface area contributed by atoms with Crippen molar-refractivity contribution < 1.29 is 23.9 Å². The third-order valence-electron chi connectivity index (χ3n) is 2.51. The zero-order valence-electron chi connectivity index (χ0n) is 13.7. The first-order chi connectivity index (χ1) is 11.0. The molecule has 0 bridgehead atoms. The highest BCUT2D eigenvalue weighted by Gasteiger charge is 2.18. The largest absolute Gasteiger partial charge is 0.494 e. The van der Waals surface area contributed by atoms with Crippen molar-refractivity contribution in [2.75, 3.05) is 13.7 Å². The highest BCUT2D eigenvalue weighted by Crippen LogP contribution is 2.33. The Bertz CT molecular complexity index is 633. The van der Waals surface area contributed by atoms with Gasteiger partial charge in [0.15, 0.2) is 12.4 Å². The average Bonchev–Trinajstić information content (AvgIpc) is 2.42. The summed E-state index contributed by atoms with van der Waals surface area (Å²) in [5.74, 6) is -1.35. The van der Waals surface area contributed by atoms with E-state index in [1.807, 2.05) is 5.32 Å². The van der Waals surface area contributed by atoms with Crippen LogP contribution in [0.4, 0.5) is 4.79 Å². The quantitative estimate of drug-likeness (QED) is 0.787. The molecule has 1 rings (SSSR count). The Morgan fingerprint density at radius 1 is 1.12 bits per heavy atom. The minimum absolute atomic E-state index is 0.0535. The molecule has 0 aliphatic heterocycles. The molecular weight excluding hydrogens is 359 g/mol. The molecule has 0 aliphatic carbocycles. The molecule has 0 aromatic heterocycles. The van der Waals surface area contributed by atoms with Crippen molar-refractivity contribution in [2.24, 2.45) is 0 Å². The van der Waals surface area contributed by atoms with Gasteiger partial charge in [-0.05, 0) is 32.9 Å². The van der Waals surface area contributed by atoms with Gasteiger partial charge < -0.3 is 14.8 Å². The van der Waals surface area contributed by atoms with Gasteiger partial charge in [0.25, 0.3) is 5.91 Å². The molecule has 0 fully saturated rings. The lowest BCUT2D eigenvalue weighted by Gasteiger charge is -2.20. The molecule has 0 spiro atoms. The van der Waals surface area contributed by atoms with Crippen LogP contribution in [0.2, 0.25) is 10.0 Å². The molecule has 132 valence electrons. The summed E-state index contributed by atoms with van der Waals surface area (Å²) < 4.78 is 9.78. The lowest BCUT2D eigenvalue weighted by Crippen LogP contribution is -2.49. The topological polar surface area (TPSA) is 93.7 Å². The maximum atomic E-state index is 11.9. The van der Waals surface area contributed by atoms with Gasteiger partial charge in [-0.25, -0.2) is 9.59 Å². The normalized spacial score (nSPS) is 10.8. The number of rotatable bonds is 4. The Kier molecular flexibility index (Phi) is 6.86. The van der Waals surface area contributed by atoms with Crippen molar-refractivity contribution in [3.05, 3.63) is 27.7 Å². The number of hydrogen-bond donors (Lipinski definition) is 2.